The topological polar surface area (TPSA) is 260 Å². The van der Waals surface area contributed by atoms with Crippen LogP contribution in [0.25, 0.3) is 22.1 Å². The molecule has 20 heteroatoms. The lowest BCUT2D eigenvalue weighted by Gasteiger charge is -2.35. The van der Waals surface area contributed by atoms with Gasteiger partial charge in [0.1, 0.15) is 17.3 Å². The fraction of sp³-hybridized carbons (Fsp3) is 0.169. The SMILES string of the molecule is NC(=O)C(CCN1CCCCC1)c1nc2ccc(C3(O)c4ccccc4C(=O)N3c3cccc(Oc4ccccc4)c3)cc2[nH]1.O=C(O)C(=O)Nc1nc2ccc(C3(O)c4ccccc4C(=O)N3c3cccc(Cl)c3F)cc2[nH]1. The highest BCUT2D eigenvalue weighted by atomic mass is 35.5. The van der Waals surface area contributed by atoms with Crippen molar-refractivity contribution in [3.05, 3.63) is 208 Å². The van der Waals surface area contributed by atoms with E-state index in [0.29, 0.717) is 68.2 Å². The number of primary amides is 1. The predicted molar refractivity (Wildman–Crippen MR) is 292 cm³/mol. The first kappa shape index (κ1) is 51.8. The molecule has 1 fully saturated rings. The van der Waals surface area contributed by atoms with Gasteiger partial charge in [0.25, 0.3) is 11.8 Å². The number of aromatic amines is 2. The van der Waals surface area contributed by atoms with Crippen LogP contribution in [0.4, 0.5) is 21.7 Å². The summed E-state index contributed by atoms with van der Waals surface area (Å²) in [5.74, 6) is -4.21. The Bertz CT molecular complexity index is 3890. The van der Waals surface area contributed by atoms with E-state index < -0.39 is 46.9 Å². The number of carbonyl (C=O) groups is 5. The molecule has 398 valence electrons. The minimum atomic E-state index is -2.11. The van der Waals surface area contributed by atoms with Crippen LogP contribution in [-0.4, -0.2) is 89.4 Å². The molecule has 8 N–H and O–H groups in total. The Labute approximate surface area is 454 Å². The number of rotatable bonds is 12. The molecule has 3 aliphatic rings. The second-order valence-electron chi connectivity index (χ2n) is 19.3. The monoisotopic (exact) mass is 1080 g/mol. The van der Waals surface area contributed by atoms with Gasteiger partial charge in [-0.05, 0) is 112 Å². The number of carboxylic acids is 1. The number of hydrogen-bond donors (Lipinski definition) is 7. The molecule has 7 aromatic carbocycles. The van der Waals surface area contributed by atoms with Gasteiger partial charge in [-0.1, -0.05) is 96.9 Å². The summed E-state index contributed by atoms with van der Waals surface area (Å²) in [6, 6.07) is 43.9. The Hall–Kier alpha value is -9.27. The van der Waals surface area contributed by atoms with Crippen molar-refractivity contribution in [1.82, 2.24) is 24.8 Å². The van der Waals surface area contributed by atoms with Crippen molar-refractivity contribution in [1.29, 1.82) is 0 Å². The average molecular weight is 1080 g/mol. The van der Waals surface area contributed by atoms with Crippen LogP contribution in [0, 0.1) is 5.82 Å². The fourth-order valence-electron chi connectivity index (χ4n) is 10.6. The number of carbonyl (C=O) groups excluding carboxylic acids is 4. The Balaban J connectivity index is 0.000000174. The van der Waals surface area contributed by atoms with E-state index in [1.807, 2.05) is 42.5 Å². The third-order valence-electron chi connectivity index (χ3n) is 14.4. The second-order valence-corrected chi connectivity index (χ2v) is 19.7. The number of para-hydroxylation sites is 1. The Kier molecular flexibility index (Phi) is 13.7. The first-order chi connectivity index (χ1) is 38.1. The van der Waals surface area contributed by atoms with Crippen molar-refractivity contribution in [2.45, 2.75) is 43.1 Å². The summed E-state index contributed by atoms with van der Waals surface area (Å²) in [6.07, 6.45) is 4.16. The number of halogens is 2. The van der Waals surface area contributed by atoms with E-state index in [4.69, 9.17) is 32.2 Å². The van der Waals surface area contributed by atoms with Crippen molar-refractivity contribution in [2.24, 2.45) is 5.73 Å². The number of anilines is 3. The summed E-state index contributed by atoms with van der Waals surface area (Å²) < 4.78 is 21.1. The average Bonchev–Trinajstić information content (AvgIpc) is 4.38. The third kappa shape index (κ3) is 9.47. The molecule has 9 aromatic rings. The molecular weight excluding hydrogens is 1030 g/mol. The lowest BCUT2D eigenvalue weighted by molar-refractivity contribution is -0.147. The van der Waals surface area contributed by atoms with Crippen LogP contribution in [0.15, 0.2) is 158 Å². The van der Waals surface area contributed by atoms with Gasteiger partial charge in [-0.3, -0.25) is 34.3 Å². The number of likely N-dealkylation sites (tertiary alicyclic amines) is 1. The normalized spacial score (nSPS) is 18.2. The molecule has 0 spiro atoms. The maximum absolute atomic E-state index is 15.0. The van der Waals surface area contributed by atoms with Crippen molar-refractivity contribution < 1.29 is 48.4 Å². The summed E-state index contributed by atoms with van der Waals surface area (Å²) in [7, 11) is 0. The maximum atomic E-state index is 15.0. The molecule has 18 nitrogen and oxygen atoms in total. The number of ether oxygens (including phenoxy) is 1. The van der Waals surface area contributed by atoms with E-state index in [0.717, 1.165) is 24.5 Å². The number of aliphatic carboxylic acids is 1. The van der Waals surface area contributed by atoms with Gasteiger partial charge < -0.3 is 40.7 Å². The zero-order chi connectivity index (χ0) is 55.2. The minimum absolute atomic E-state index is 0.118. The molecule has 2 aromatic heterocycles. The summed E-state index contributed by atoms with van der Waals surface area (Å²) in [6.45, 7) is 2.84. The number of nitrogens with one attached hydrogen (secondary N) is 3. The Morgan fingerprint density at radius 2 is 1.28 bits per heavy atom. The van der Waals surface area contributed by atoms with E-state index in [1.165, 1.54) is 66.6 Å². The van der Waals surface area contributed by atoms with E-state index in [1.54, 1.807) is 72.8 Å². The lowest BCUT2D eigenvalue weighted by atomic mass is 9.93. The van der Waals surface area contributed by atoms with Crippen LogP contribution in [0.2, 0.25) is 5.02 Å². The number of piperidine rings is 1. The van der Waals surface area contributed by atoms with Crippen LogP contribution < -0.4 is 25.6 Å². The van der Waals surface area contributed by atoms with E-state index in [-0.39, 0.29) is 39.3 Å². The molecule has 1 saturated heterocycles. The zero-order valence-electron chi connectivity index (χ0n) is 41.9. The summed E-state index contributed by atoms with van der Waals surface area (Å²) >= 11 is 5.95. The van der Waals surface area contributed by atoms with Crippen LogP contribution in [-0.2, 0) is 25.8 Å². The second kappa shape index (κ2) is 20.9. The Morgan fingerprint density at radius 1 is 0.696 bits per heavy atom. The highest BCUT2D eigenvalue weighted by molar-refractivity contribution is 6.36. The van der Waals surface area contributed by atoms with Crippen LogP contribution in [0.3, 0.4) is 0 Å². The highest BCUT2D eigenvalue weighted by Crippen LogP contribution is 2.48. The van der Waals surface area contributed by atoms with Crippen molar-refractivity contribution in [3.8, 4) is 11.5 Å². The number of benzene rings is 7. The predicted octanol–water partition coefficient (Wildman–Crippen LogP) is 8.89. The van der Waals surface area contributed by atoms with Crippen molar-refractivity contribution in [2.75, 3.05) is 34.8 Å². The summed E-state index contributed by atoms with van der Waals surface area (Å²) in [5.41, 5.74) is 6.11. The summed E-state index contributed by atoms with van der Waals surface area (Å²) in [4.78, 5) is 81.7. The van der Waals surface area contributed by atoms with Gasteiger partial charge in [-0.25, -0.2) is 19.2 Å². The molecule has 12 rings (SSSR count). The molecular formula is C59H49ClFN9O9. The molecule has 0 saturated carbocycles. The standard InChI is InChI=1S/C36H35N5O4.C23H14ClFN4O5/c37-33(42)29(18-21-40-19-7-2-8-20-40)34-38-31-17-16-24(22-32(31)39-34)36(44)30-15-6-5-14-28(30)35(43)41(36)25-10-9-13-27(23-25)45-26-11-3-1-4-12-26;24-14-6-3-7-17(18(14)25)29-20(31)12-4-1-2-5-13(12)23(29,34)11-8-9-15-16(10-11)27-22(26-15)28-19(30)21(32)33/h1,3-6,9-17,22-23,29,44H,2,7-8,18-21H2,(H2,37,42)(H,38,39);1-10,34H,(H,32,33)(H2,26,27,28,30). The number of nitrogens with zero attached hydrogens (tertiary/aromatic N) is 5. The van der Waals surface area contributed by atoms with Crippen molar-refractivity contribution in [3.63, 3.8) is 0 Å². The number of nitrogens with two attached hydrogens (primary N) is 1. The zero-order valence-corrected chi connectivity index (χ0v) is 42.7. The van der Waals surface area contributed by atoms with Crippen LogP contribution >= 0.6 is 11.6 Å². The van der Waals surface area contributed by atoms with Crippen LogP contribution in [0.1, 0.15) is 80.4 Å². The smallest absolute Gasteiger partial charge is 0.394 e. The van der Waals surface area contributed by atoms with E-state index >= 15 is 4.39 Å². The van der Waals surface area contributed by atoms with E-state index in [2.05, 4.69) is 25.2 Å². The number of H-pyrrole nitrogens is 2. The minimum Gasteiger partial charge on any atom is -0.474 e. The largest absolute Gasteiger partial charge is 0.474 e. The van der Waals surface area contributed by atoms with Gasteiger partial charge in [0.15, 0.2) is 17.3 Å². The Morgan fingerprint density at radius 3 is 1.94 bits per heavy atom. The number of hydrogen-bond acceptors (Lipinski definition) is 11. The highest BCUT2D eigenvalue weighted by Gasteiger charge is 2.53. The van der Waals surface area contributed by atoms with Gasteiger partial charge in [0, 0.05) is 39.4 Å². The van der Waals surface area contributed by atoms with Crippen molar-refractivity contribution >= 4 is 80.6 Å². The molecule has 3 aliphatic heterocycles. The lowest BCUT2D eigenvalue weighted by Crippen LogP contribution is -2.45. The molecule has 3 atom stereocenters. The number of fused-ring (bicyclic) bond motifs is 4. The molecule has 5 heterocycles. The van der Waals surface area contributed by atoms with Gasteiger partial charge in [0.2, 0.25) is 11.9 Å². The third-order valence-corrected chi connectivity index (χ3v) is 14.7. The number of imidazole rings is 2. The van der Waals surface area contributed by atoms with Gasteiger partial charge in [-0.2, -0.15) is 0 Å². The first-order valence-electron chi connectivity index (χ1n) is 25.3. The molecule has 79 heavy (non-hydrogen) atoms. The molecule has 4 amide bonds. The number of aromatic nitrogens is 4. The summed E-state index contributed by atoms with van der Waals surface area (Å²) in [5, 5.41) is 35.3. The van der Waals surface area contributed by atoms with E-state index in [9.17, 15) is 34.2 Å². The fourth-order valence-corrected chi connectivity index (χ4v) is 10.8. The van der Waals surface area contributed by atoms with Gasteiger partial charge in [0.05, 0.1) is 44.4 Å². The molecule has 0 radical (unpaired) electrons. The maximum Gasteiger partial charge on any atom is 0.394 e. The first-order valence-corrected chi connectivity index (χ1v) is 25.7. The van der Waals surface area contributed by atoms with Crippen LogP contribution in [0.5, 0.6) is 11.5 Å². The van der Waals surface area contributed by atoms with Gasteiger partial charge >= 0.3 is 11.9 Å². The molecule has 3 unspecified atom stereocenters. The number of amides is 4. The molecule has 0 aliphatic carbocycles. The quantitative estimate of drug-likeness (QED) is 0.0566. The van der Waals surface area contributed by atoms with Gasteiger partial charge in [-0.15, -0.1) is 0 Å². The number of aliphatic hydroxyl groups is 2. The number of carboxylic acid groups (broad SMARTS) is 1. The molecule has 0 bridgehead atoms.